The van der Waals surface area contributed by atoms with E-state index >= 15 is 0 Å². The van der Waals surface area contributed by atoms with Gasteiger partial charge in [-0.3, -0.25) is 4.55 Å². The van der Waals surface area contributed by atoms with Crippen LogP contribution in [0, 0.1) is 5.92 Å². The third-order valence-electron chi connectivity index (χ3n) is 4.17. The summed E-state index contributed by atoms with van der Waals surface area (Å²) in [6.07, 6.45) is 9.86. The summed E-state index contributed by atoms with van der Waals surface area (Å²) in [6.45, 7) is 4.47. The van der Waals surface area contributed by atoms with Crippen molar-refractivity contribution in [1.82, 2.24) is 0 Å². The Morgan fingerprint density at radius 3 is 2.39 bits per heavy atom. The van der Waals surface area contributed by atoms with Gasteiger partial charge in [0.2, 0.25) is 0 Å². The molecule has 6 nitrogen and oxygen atoms in total. The van der Waals surface area contributed by atoms with E-state index in [4.69, 9.17) is 14.0 Å². The fourth-order valence-corrected chi connectivity index (χ4v) is 3.18. The highest BCUT2D eigenvalue weighted by atomic mass is 32.3. The molecule has 0 radical (unpaired) electrons. The van der Waals surface area contributed by atoms with Gasteiger partial charge < -0.3 is 9.47 Å². The van der Waals surface area contributed by atoms with Gasteiger partial charge in [-0.15, -0.1) is 0 Å². The van der Waals surface area contributed by atoms with Gasteiger partial charge in [-0.2, -0.15) is 8.42 Å². The summed E-state index contributed by atoms with van der Waals surface area (Å²) in [5.74, 6) is 0.340. The van der Waals surface area contributed by atoms with Crippen LogP contribution in [0.25, 0.3) is 0 Å². The summed E-state index contributed by atoms with van der Waals surface area (Å²) in [5.41, 5.74) is 0. The molecule has 1 heterocycles. The Balaban J connectivity index is 2.36. The van der Waals surface area contributed by atoms with Crippen molar-refractivity contribution in [3.05, 3.63) is 0 Å². The van der Waals surface area contributed by atoms with Gasteiger partial charge in [0.05, 0.1) is 13.2 Å². The van der Waals surface area contributed by atoms with Gasteiger partial charge in [0.15, 0.2) is 6.29 Å². The van der Waals surface area contributed by atoms with Crippen molar-refractivity contribution in [3.8, 4) is 0 Å². The maximum atomic E-state index is 10.6. The van der Waals surface area contributed by atoms with E-state index in [9.17, 15) is 8.42 Å². The highest BCUT2D eigenvalue weighted by molar-refractivity contribution is 7.80. The van der Waals surface area contributed by atoms with Crippen LogP contribution >= 0.6 is 0 Å². The SMILES string of the molecule is CCCCCCCC(CCCC)C1OCC(COS(=O)(=O)O)O1. The number of rotatable bonds is 13. The third-order valence-corrected chi connectivity index (χ3v) is 4.60. The van der Waals surface area contributed by atoms with E-state index in [0.29, 0.717) is 12.5 Å². The smallest absolute Gasteiger partial charge is 0.350 e. The first-order valence-corrected chi connectivity index (χ1v) is 10.2. The molecule has 0 aromatic rings. The van der Waals surface area contributed by atoms with E-state index in [1.54, 1.807) is 0 Å². The molecule has 0 spiro atoms. The van der Waals surface area contributed by atoms with Crippen molar-refractivity contribution < 1.29 is 26.6 Å². The molecular weight excluding hydrogens is 320 g/mol. The summed E-state index contributed by atoms with van der Waals surface area (Å²) in [7, 11) is -4.42. The Labute approximate surface area is 140 Å². The Kier molecular flexibility index (Phi) is 10.3. The largest absolute Gasteiger partial charge is 0.397 e. The van der Waals surface area contributed by atoms with Crippen LogP contribution in [0.5, 0.6) is 0 Å². The van der Waals surface area contributed by atoms with Crippen molar-refractivity contribution >= 4 is 10.4 Å². The Bertz CT molecular complexity index is 397. The highest BCUT2D eigenvalue weighted by Crippen LogP contribution is 2.28. The fourth-order valence-electron chi connectivity index (χ4n) is 2.86. The lowest BCUT2D eigenvalue weighted by Gasteiger charge is -2.22. The second kappa shape index (κ2) is 11.4. The number of hydrogen-bond donors (Lipinski definition) is 1. The Morgan fingerprint density at radius 2 is 1.74 bits per heavy atom. The van der Waals surface area contributed by atoms with E-state index in [0.717, 1.165) is 25.7 Å². The van der Waals surface area contributed by atoms with Crippen molar-refractivity contribution in [2.45, 2.75) is 84.0 Å². The van der Waals surface area contributed by atoms with Crippen molar-refractivity contribution in [2.75, 3.05) is 13.2 Å². The molecule has 1 saturated heterocycles. The average Bonchev–Trinajstić information content (AvgIpc) is 2.96. The number of unbranched alkanes of at least 4 members (excludes halogenated alkanes) is 5. The minimum atomic E-state index is -4.42. The predicted molar refractivity (Wildman–Crippen MR) is 88.5 cm³/mol. The Morgan fingerprint density at radius 1 is 1.09 bits per heavy atom. The molecule has 0 aliphatic carbocycles. The maximum absolute atomic E-state index is 10.6. The van der Waals surface area contributed by atoms with Gasteiger partial charge in [-0.25, -0.2) is 4.18 Å². The fraction of sp³-hybridized carbons (Fsp3) is 1.00. The quantitative estimate of drug-likeness (QED) is 0.402. The standard InChI is InChI=1S/C16H32O6S/c1-3-5-7-8-9-11-14(10-6-4-2)16-20-12-15(22-16)13-21-23(17,18)19/h14-16H,3-13H2,1-2H3,(H,17,18,19). The first-order valence-electron chi connectivity index (χ1n) is 8.85. The lowest BCUT2D eigenvalue weighted by molar-refractivity contribution is -0.105. The molecule has 138 valence electrons. The van der Waals surface area contributed by atoms with Crippen LogP contribution in [0.2, 0.25) is 0 Å². The van der Waals surface area contributed by atoms with E-state index in [2.05, 4.69) is 18.0 Å². The molecule has 23 heavy (non-hydrogen) atoms. The summed E-state index contributed by atoms with van der Waals surface area (Å²) < 4.78 is 45.7. The second-order valence-corrected chi connectivity index (χ2v) is 7.37. The van der Waals surface area contributed by atoms with Crippen LogP contribution in [-0.2, 0) is 24.1 Å². The summed E-state index contributed by atoms with van der Waals surface area (Å²) in [5, 5.41) is 0. The molecule has 7 heteroatoms. The average molecular weight is 352 g/mol. The van der Waals surface area contributed by atoms with E-state index in [-0.39, 0.29) is 12.9 Å². The monoisotopic (exact) mass is 352 g/mol. The molecule has 0 aromatic heterocycles. The number of hydrogen-bond acceptors (Lipinski definition) is 5. The second-order valence-electron chi connectivity index (χ2n) is 6.28. The van der Waals surface area contributed by atoms with Gasteiger partial charge in [0.1, 0.15) is 6.10 Å². The highest BCUT2D eigenvalue weighted by Gasteiger charge is 2.32. The van der Waals surface area contributed by atoms with Crippen molar-refractivity contribution in [3.63, 3.8) is 0 Å². The summed E-state index contributed by atoms with van der Waals surface area (Å²) in [4.78, 5) is 0. The molecule has 0 amide bonds. The van der Waals surface area contributed by atoms with E-state index in [1.807, 2.05) is 0 Å². The van der Waals surface area contributed by atoms with Crippen LogP contribution < -0.4 is 0 Å². The topological polar surface area (TPSA) is 82.1 Å². The van der Waals surface area contributed by atoms with Crippen LogP contribution in [0.15, 0.2) is 0 Å². The predicted octanol–water partition coefficient (Wildman–Crippen LogP) is 3.71. The van der Waals surface area contributed by atoms with Crippen LogP contribution in [0.3, 0.4) is 0 Å². The van der Waals surface area contributed by atoms with Gasteiger partial charge >= 0.3 is 10.4 Å². The van der Waals surface area contributed by atoms with Crippen LogP contribution in [0.4, 0.5) is 0 Å². The first-order chi connectivity index (χ1) is 11.0. The summed E-state index contributed by atoms with van der Waals surface area (Å²) >= 11 is 0. The van der Waals surface area contributed by atoms with Gasteiger partial charge in [0.25, 0.3) is 0 Å². The minimum Gasteiger partial charge on any atom is -0.350 e. The molecule has 0 bridgehead atoms. The molecule has 1 aliphatic rings. The normalized spacial score (nSPS) is 23.3. The van der Waals surface area contributed by atoms with Crippen molar-refractivity contribution in [1.29, 1.82) is 0 Å². The molecule has 1 rings (SSSR count). The first kappa shape index (κ1) is 20.8. The maximum Gasteiger partial charge on any atom is 0.397 e. The molecule has 3 unspecified atom stereocenters. The molecule has 1 fully saturated rings. The van der Waals surface area contributed by atoms with E-state index < -0.39 is 16.5 Å². The zero-order valence-corrected chi connectivity index (χ0v) is 15.2. The van der Waals surface area contributed by atoms with Gasteiger partial charge in [-0.1, -0.05) is 58.8 Å². The van der Waals surface area contributed by atoms with Gasteiger partial charge in [0, 0.05) is 5.92 Å². The molecule has 1 N–H and O–H groups in total. The summed E-state index contributed by atoms with van der Waals surface area (Å²) in [6, 6.07) is 0. The number of ether oxygens (including phenoxy) is 2. The zero-order chi connectivity index (χ0) is 17.1. The lowest BCUT2D eigenvalue weighted by Crippen LogP contribution is -2.25. The molecular formula is C16H32O6S. The lowest BCUT2D eigenvalue weighted by atomic mass is 9.94. The Hall–Kier alpha value is -0.210. The molecule has 1 aliphatic heterocycles. The van der Waals surface area contributed by atoms with E-state index in [1.165, 1.54) is 32.1 Å². The van der Waals surface area contributed by atoms with Crippen LogP contribution in [-0.4, -0.2) is 38.6 Å². The molecule has 0 saturated carbocycles. The molecule has 0 aromatic carbocycles. The van der Waals surface area contributed by atoms with Gasteiger partial charge in [-0.05, 0) is 12.8 Å². The van der Waals surface area contributed by atoms with Crippen LogP contribution in [0.1, 0.15) is 71.6 Å². The minimum absolute atomic E-state index is 0.202. The third kappa shape index (κ3) is 9.62. The zero-order valence-electron chi connectivity index (χ0n) is 14.4. The van der Waals surface area contributed by atoms with Crippen molar-refractivity contribution in [2.24, 2.45) is 5.92 Å². The molecule has 3 atom stereocenters.